The molecule has 0 spiro atoms. The van der Waals surface area contributed by atoms with E-state index < -0.39 is 11.6 Å². The predicted molar refractivity (Wildman–Crippen MR) is 79.5 cm³/mol. The number of hydrogen-bond donors (Lipinski definition) is 1. The molecule has 0 bridgehead atoms. The van der Waals surface area contributed by atoms with Gasteiger partial charge in [0.2, 0.25) is 0 Å². The number of benzene rings is 2. The highest BCUT2D eigenvalue weighted by molar-refractivity contribution is 6.30. The maximum absolute atomic E-state index is 13.6. The summed E-state index contributed by atoms with van der Waals surface area (Å²) in [7, 11) is 0. The van der Waals surface area contributed by atoms with Gasteiger partial charge in [-0.05, 0) is 30.8 Å². The number of halogens is 3. The van der Waals surface area contributed by atoms with Crippen LogP contribution in [0.3, 0.4) is 0 Å². The summed E-state index contributed by atoms with van der Waals surface area (Å²) in [5, 5.41) is 3.78. The highest BCUT2D eigenvalue weighted by Gasteiger charge is 2.10. The van der Waals surface area contributed by atoms with Gasteiger partial charge in [-0.25, -0.2) is 8.78 Å². The van der Waals surface area contributed by atoms with Gasteiger partial charge in [0, 0.05) is 22.7 Å². The summed E-state index contributed by atoms with van der Waals surface area (Å²) in [5.41, 5.74) is 1.06. The van der Waals surface area contributed by atoms with Crippen LogP contribution in [0.4, 0.5) is 8.78 Å². The molecule has 2 nitrogen and oxygen atoms in total. The van der Waals surface area contributed by atoms with Gasteiger partial charge >= 0.3 is 0 Å². The van der Waals surface area contributed by atoms with Crippen molar-refractivity contribution in [2.45, 2.75) is 20.1 Å². The van der Waals surface area contributed by atoms with Gasteiger partial charge in [-0.15, -0.1) is 0 Å². The van der Waals surface area contributed by atoms with Crippen LogP contribution in [0.1, 0.15) is 18.1 Å². The van der Waals surface area contributed by atoms with Crippen molar-refractivity contribution in [1.29, 1.82) is 0 Å². The van der Waals surface area contributed by atoms with Gasteiger partial charge in [-0.1, -0.05) is 30.7 Å². The number of rotatable bonds is 6. The van der Waals surface area contributed by atoms with Crippen LogP contribution >= 0.6 is 11.6 Å². The molecule has 2 rings (SSSR count). The lowest BCUT2D eigenvalue weighted by Crippen LogP contribution is -2.13. The fraction of sp³-hybridized carbons (Fsp3) is 0.250. The van der Waals surface area contributed by atoms with Crippen molar-refractivity contribution >= 4 is 11.6 Å². The van der Waals surface area contributed by atoms with E-state index in [1.165, 1.54) is 12.1 Å². The summed E-state index contributed by atoms with van der Waals surface area (Å²) in [4.78, 5) is 0. The molecule has 0 fully saturated rings. The van der Waals surface area contributed by atoms with Crippen LogP contribution < -0.4 is 10.1 Å². The predicted octanol–water partition coefficient (Wildman–Crippen LogP) is 4.31. The Bertz CT molecular complexity index is 619. The molecule has 0 aromatic heterocycles. The first-order valence-electron chi connectivity index (χ1n) is 6.66. The Hall–Kier alpha value is -1.65. The quantitative estimate of drug-likeness (QED) is 0.858. The number of hydrogen-bond acceptors (Lipinski definition) is 2. The minimum atomic E-state index is -0.875. The Balaban J connectivity index is 2.14. The van der Waals surface area contributed by atoms with Gasteiger partial charge in [0.05, 0.1) is 0 Å². The van der Waals surface area contributed by atoms with Crippen molar-refractivity contribution in [3.8, 4) is 5.75 Å². The van der Waals surface area contributed by atoms with Crippen LogP contribution in [0, 0.1) is 11.6 Å². The maximum Gasteiger partial charge on any atom is 0.165 e. The maximum atomic E-state index is 13.6. The second-order valence-electron chi connectivity index (χ2n) is 4.53. The molecule has 21 heavy (non-hydrogen) atoms. The molecule has 0 heterocycles. The van der Waals surface area contributed by atoms with E-state index in [-0.39, 0.29) is 12.2 Å². The molecule has 112 valence electrons. The Morgan fingerprint density at radius 2 is 1.95 bits per heavy atom. The lowest BCUT2D eigenvalue weighted by atomic mass is 10.2. The monoisotopic (exact) mass is 311 g/mol. The molecule has 0 aliphatic rings. The van der Waals surface area contributed by atoms with Crippen molar-refractivity contribution in [3.05, 3.63) is 64.2 Å². The van der Waals surface area contributed by atoms with E-state index in [1.807, 2.05) is 6.92 Å². The fourth-order valence-corrected chi connectivity index (χ4v) is 2.10. The normalized spacial score (nSPS) is 10.7. The third-order valence-corrected chi connectivity index (χ3v) is 3.24. The van der Waals surface area contributed by atoms with Gasteiger partial charge in [0.15, 0.2) is 11.6 Å². The molecule has 0 amide bonds. The fourth-order valence-electron chi connectivity index (χ4n) is 1.90. The summed E-state index contributed by atoms with van der Waals surface area (Å²) in [5.74, 6) is -1.15. The Labute approximate surface area is 127 Å². The van der Waals surface area contributed by atoms with Gasteiger partial charge in [-0.3, -0.25) is 0 Å². The Kier molecular flexibility index (Phi) is 5.53. The highest BCUT2D eigenvalue weighted by atomic mass is 35.5. The van der Waals surface area contributed by atoms with Crippen LogP contribution in [0.5, 0.6) is 5.75 Å². The molecule has 0 saturated carbocycles. The lowest BCUT2D eigenvalue weighted by Gasteiger charge is -2.13. The molecule has 1 N–H and O–H groups in total. The first-order chi connectivity index (χ1) is 10.1. The summed E-state index contributed by atoms with van der Waals surface area (Å²) in [6, 6.07) is 9.26. The van der Waals surface area contributed by atoms with Gasteiger partial charge in [0.1, 0.15) is 12.4 Å². The SMILES string of the molecule is CCNCc1cc(Cl)ccc1OCc1cccc(F)c1F. The third-order valence-electron chi connectivity index (χ3n) is 3.00. The molecule has 0 unspecified atom stereocenters. The lowest BCUT2D eigenvalue weighted by molar-refractivity contribution is 0.293. The van der Waals surface area contributed by atoms with Gasteiger partial charge in [0.25, 0.3) is 0 Å². The van der Waals surface area contributed by atoms with Crippen LogP contribution in [-0.2, 0) is 13.2 Å². The molecule has 0 radical (unpaired) electrons. The second-order valence-corrected chi connectivity index (χ2v) is 4.97. The number of ether oxygens (including phenoxy) is 1. The minimum absolute atomic E-state index is 0.0374. The molecule has 0 saturated heterocycles. The number of nitrogens with one attached hydrogen (secondary N) is 1. The average Bonchev–Trinajstić information content (AvgIpc) is 2.48. The van der Waals surface area contributed by atoms with Crippen molar-refractivity contribution in [2.75, 3.05) is 6.54 Å². The summed E-state index contributed by atoms with van der Waals surface area (Å²) in [6.07, 6.45) is 0. The zero-order chi connectivity index (χ0) is 15.2. The van der Waals surface area contributed by atoms with E-state index in [9.17, 15) is 8.78 Å². The molecular weight excluding hydrogens is 296 g/mol. The van der Waals surface area contributed by atoms with Gasteiger partial charge < -0.3 is 10.1 Å². The van der Waals surface area contributed by atoms with Crippen molar-refractivity contribution in [1.82, 2.24) is 5.32 Å². The summed E-state index contributed by atoms with van der Waals surface area (Å²) in [6.45, 7) is 3.36. The first kappa shape index (κ1) is 15.7. The van der Waals surface area contributed by atoms with E-state index in [0.29, 0.717) is 17.3 Å². The molecule has 5 heteroatoms. The standard InChI is InChI=1S/C16H16ClF2NO/c1-2-20-9-12-8-13(17)6-7-15(12)21-10-11-4-3-5-14(18)16(11)19/h3-8,20H,2,9-10H2,1H3. The molecule has 2 aromatic rings. The second kappa shape index (κ2) is 7.38. The van der Waals surface area contributed by atoms with Crippen LogP contribution in [0.25, 0.3) is 0 Å². The zero-order valence-corrected chi connectivity index (χ0v) is 12.4. The van der Waals surface area contributed by atoms with E-state index in [1.54, 1.807) is 18.2 Å². The van der Waals surface area contributed by atoms with E-state index in [0.717, 1.165) is 18.2 Å². The zero-order valence-electron chi connectivity index (χ0n) is 11.6. The molecule has 2 aromatic carbocycles. The van der Waals surface area contributed by atoms with E-state index in [2.05, 4.69) is 5.32 Å². The third kappa shape index (κ3) is 4.16. The minimum Gasteiger partial charge on any atom is -0.488 e. The van der Waals surface area contributed by atoms with Crippen molar-refractivity contribution < 1.29 is 13.5 Å². The first-order valence-corrected chi connectivity index (χ1v) is 7.04. The van der Waals surface area contributed by atoms with Crippen molar-refractivity contribution in [2.24, 2.45) is 0 Å². The van der Waals surface area contributed by atoms with Gasteiger partial charge in [-0.2, -0.15) is 0 Å². The smallest absolute Gasteiger partial charge is 0.165 e. The average molecular weight is 312 g/mol. The Morgan fingerprint density at radius 1 is 1.14 bits per heavy atom. The van der Waals surface area contributed by atoms with Crippen LogP contribution in [-0.4, -0.2) is 6.54 Å². The summed E-state index contributed by atoms with van der Waals surface area (Å²) >= 11 is 5.97. The summed E-state index contributed by atoms with van der Waals surface area (Å²) < 4.78 is 32.3. The van der Waals surface area contributed by atoms with Crippen LogP contribution in [0.2, 0.25) is 5.02 Å². The van der Waals surface area contributed by atoms with E-state index >= 15 is 0 Å². The molecular formula is C16H16ClF2NO. The van der Waals surface area contributed by atoms with Crippen molar-refractivity contribution in [3.63, 3.8) is 0 Å². The largest absolute Gasteiger partial charge is 0.488 e. The van der Waals surface area contributed by atoms with Crippen LogP contribution in [0.15, 0.2) is 36.4 Å². The molecule has 0 aliphatic carbocycles. The highest BCUT2D eigenvalue weighted by Crippen LogP contribution is 2.24. The van der Waals surface area contributed by atoms with E-state index in [4.69, 9.17) is 16.3 Å². The molecule has 0 aliphatic heterocycles. The topological polar surface area (TPSA) is 21.3 Å². The molecule has 0 atom stereocenters. The Morgan fingerprint density at radius 3 is 2.71 bits per heavy atom.